The summed E-state index contributed by atoms with van der Waals surface area (Å²) in [5.74, 6) is 0. The number of rotatable bonds is 6. The van der Waals surface area contributed by atoms with Gasteiger partial charge >= 0.3 is 0 Å². The predicted octanol–water partition coefficient (Wildman–Crippen LogP) is 7.18. The number of carbonyl (C=O) groups is 1. The Hall–Kier alpha value is -4.13. The molecule has 0 radical (unpaired) electrons. The number of aldehydes is 1. The van der Waals surface area contributed by atoms with Gasteiger partial charge in [0.05, 0.1) is 4.88 Å². The maximum absolute atomic E-state index is 11.4. The third-order valence-electron chi connectivity index (χ3n) is 7.74. The van der Waals surface area contributed by atoms with Gasteiger partial charge in [0.25, 0.3) is 0 Å². The monoisotopic (exact) mass is 516 g/mol. The fraction of sp³-hybridized carbons (Fsp3) is 0.156. The van der Waals surface area contributed by atoms with Crippen LogP contribution in [-0.4, -0.2) is 47.3 Å². The molecule has 7 rings (SSSR count). The first-order valence-corrected chi connectivity index (χ1v) is 13.9. The van der Waals surface area contributed by atoms with Crippen molar-refractivity contribution in [3.05, 3.63) is 101 Å². The zero-order chi connectivity index (χ0) is 25.5. The summed E-state index contributed by atoms with van der Waals surface area (Å²) in [5.41, 5.74) is 9.48. The molecule has 0 aliphatic carbocycles. The van der Waals surface area contributed by atoms with Gasteiger partial charge in [0.2, 0.25) is 0 Å². The number of carbonyl (C=O) groups excluding carboxylic acids is 1. The van der Waals surface area contributed by atoms with Crippen molar-refractivity contribution in [2.24, 2.45) is 0 Å². The quantitative estimate of drug-likeness (QED) is 0.231. The van der Waals surface area contributed by atoms with Crippen LogP contribution in [0.25, 0.3) is 44.1 Å². The first-order valence-electron chi connectivity index (χ1n) is 13.0. The highest BCUT2D eigenvalue weighted by atomic mass is 32.1. The highest BCUT2D eigenvalue weighted by molar-refractivity contribution is 7.12. The molecule has 6 heteroatoms. The summed E-state index contributed by atoms with van der Waals surface area (Å²) in [6.07, 6.45) is 2.97. The number of benzene rings is 3. The van der Waals surface area contributed by atoms with Crippen LogP contribution >= 0.6 is 11.3 Å². The zero-order valence-corrected chi connectivity index (χ0v) is 21.8. The van der Waals surface area contributed by atoms with E-state index < -0.39 is 0 Å². The van der Waals surface area contributed by atoms with Crippen LogP contribution in [0, 0.1) is 0 Å². The topological polar surface area (TPSA) is 55.1 Å². The summed E-state index contributed by atoms with van der Waals surface area (Å²) in [6, 6.07) is 27.9. The molecule has 38 heavy (non-hydrogen) atoms. The Morgan fingerprint density at radius 3 is 2.42 bits per heavy atom. The van der Waals surface area contributed by atoms with E-state index >= 15 is 0 Å². The lowest BCUT2D eigenvalue weighted by molar-refractivity contribution is 0.112. The Labute approximate surface area is 225 Å². The molecule has 3 aromatic carbocycles. The largest absolute Gasteiger partial charge is 0.368 e. The molecular weight excluding hydrogens is 488 g/mol. The van der Waals surface area contributed by atoms with Crippen LogP contribution in [0.2, 0.25) is 0 Å². The molecule has 6 aromatic rings. The minimum Gasteiger partial charge on any atom is -0.368 e. The van der Waals surface area contributed by atoms with Crippen molar-refractivity contribution in [2.45, 2.75) is 6.54 Å². The molecule has 1 aliphatic rings. The number of hydrogen-bond donors (Lipinski definition) is 2. The Balaban J connectivity index is 1.15. The van der Waals surface area contributed by atoms with E-state index in [1.807, 2.05) is 17.6 Å². The van der Waals surface area contributed by atoms with Gasteiger partial charge in [-0.05, 0) is 46.8 Å². The molecule has 0 atom stereocenters. The SMILES string of the molecule is O=Cc1sccc1-c1ccc(-c2c(CN3CCN(c4cccc5[nH]ccc45)CC3)[nH]c3ccccc23)cc1. The summed E-state index contributed by atoms with van der Waals surface area (Å²) in [6.45, 7) is 4.93. The van der Waals surface area contributed by atoms with Gasteiger partial charge in [-0.2, -0.15) is 0 Å². The van der Waals surface area contributed by atoms with Crippen molar-refractivity contribution < 1.29 is 4.79 Å². The second-order valence-electron chi connectivity index (χ2n) is 9.90. The third kappa shape index (κ3) is 4.02. The van der Waals surface area contributed by atoms with Crippen molar-refractivity contribution in [3.8, 4) is 22.3 Å². The number of thiophene rings is 1. The lowest BCUT2D eigenvalue weighted by Gasteiger charge is -2.36. The number of aromatic amines is 2. The van der Waals surface area contributed by atoms with E-state index in [1.165, 1.54) is 55.7 Å². The third-order valence-corrected chi connectivity index (χ3v) is 8.58. The van der Waals surface area contributed by atoms with Gasteiger partial charge in [-0.1, -0.05) is 48.5 Å². The van der Waals surface area contributed by atoms with Crippen LogP contribution in [0.1, 0.15) is 15.4 Å². The summed E-state index contributed by atoms with van der Waals surface area (Å²) in [7, 11) is 0. The second-order valence-corrected chi connectivity index (χ2v) is 10.8. The molecule has 3 aromatic heterocycles. The highest BCUT2D eigenvalue weighted by Crippen LogP contribution is 2.36. The van der Waals surface area contributed by atoms with Crippen molar-refractivity contribution in [3.63, 3.8) is 0 Å². The number of aromatic nitrogens is 2. The molecule has 2 N–H and O–H groups in total. The molecule has 1 fully saturated rings. The predicted molar refractivity (Wildman–Crippen MR) is 158 cm³/mol. The van der Waals surface area contributed by atoms with E-state index in [0.717, 1.165) is 55.0 Å². The number of fused-ring (bicyclic) bond motifs is 2. The van der Waals surface area contributed by atoms with Crippen molar-refractivity contribution in [2.75, 3.05) is 31.1 Å². The first-order chi connectivity index (χ1) is 18.8. The summed E-state index contributed by atoms with van der Waals surface area (Å²) < 4.78 is 0. The molecular formula is C32H28N4OS. The molecule has 0 saturated carbocycles. The number of nitrogens with one attached hydrogen (secondary N) is 2. The van der Waals surface area contributed by atoms with Crippen LogP contribution in [0.15, 0.2) is 90.4 Å². The smallest absolute Gasteiger partial charge is 0.160 e. The van der Waals surface area contributed by atoms with E-state index in [-0.39, 0.29) is 0 Å². The second kappa shape index (κ2) is 9.63. The normalized spacial score (nSPS) is 14.5. The van der Waals surface area contributed by atoms with Crippen LogP contribution in [0.3, 0.4) is 0 Å². The van der Waals surface area contributed by atoms with E-state index in [9.17, 15) is 4.79 Å². The Bertz CT molecular complexity index is 1730. The number of para-hydroxylation sites is 1. The minimum atomic E-state index is 0.775. The average molecular weight is 517 g/mol. The molecule has 0 spiro atoms. The number of H-pyrrole nitrogens is 2. The average Bonchev–Trinajstić information content (AvgIpc) is 3.71. The van der Waals surface area contributed by atoms with Crippen LogP contribution in [0.4, 0.5) is 5.69 Å². The molecule has 0 bridgehead atoms. The van der Waals surface area contributed by atoms with Crippen molar-refractivity contribution in [1.82, 2.24) is 14.9 Å². The maximum atomic E-state index is 11.4. The molecule has 1 saturated heterocycles. The van der Waals surface area contributed by atoms with E-state index in [1.54, 1.807) is 0 Å². The zero-order valence-electron chi connectivity index (χ0n) is 21.0. The molecule has 5 nitrogen and oxygen atoms in total. The molecule has 0 amide bonds. The molecule has 0 unspecified atom stereocenters. The number of piperazine rings is 1. The van der Waals surface area contributed by atoms with Crippen LogP contribution in [0.5, 0.6) is 0 Å². The molecule has 4 heterocycles. The van der Waals surface area contributed by atoms with E-state index in [4.69, 9.17) is 0 Å². The van der Waals surface area contributed by atoms with Gasteiger partial charge < -0.3 is 14.9 Å². The molecule has 1 aliphatic heterocycles. The minimum absolute atomic E-state index is 0.775. The van der Waals surface area contributed by atoms with Gasteiger partial charge in [-0.25, -0.2) is 0 Å². The number of anilines is 1. The van der Waals surface area contributed by atoms with Crippen molar-refractivity contribution >= 4 is 45.1 Å². The standard InChI is InChI=1S/C32H28N4OS/c37-21-31-24(13-19-38-31)22-8-10-23(11-9-22)32-26-4-1-2-5-28(26)34-29(32)20-35-15-17-36(18-16-35)30-7-3-6-27-25(30)12-14-33-27/h1-14,19,21,33-34H,15-18,20H2. The summed E-state index contributed by atoms with van der Waals surface area (Å²) >= 11 is 1.49. The first kappa shape index (κ1) is 23.0. The number of nitrogens with zero attached hydrogens (tertiary/aromatic N) is 2. The van der Waals surface area contributed by atoms with Gasteiger partial charge in [-0.15, -0.1) is 11.3 Å². The Morgan fingerprint density at radius 1 is 0.789 bits per heavy atom. The fourth-order valence-electron chi connectivity index (χ4n) is 5.83. The van der Waals surface area contributed by atoms with Crippen molar-refractivity contribution in [1.29, 1.82) is 0 Å². The lowest BCUT2D eigenvalue weighted by atomic mass is 9.98. The molecule has 188 valence electrons. The van der Waals surface area contributed by atoms with Gasteiger partial charge in [0, 0.05) is 83.2 Å². The maximum Gasteiger partial charge on any atom is 0.160 e. The fourth-order valence-corrected chi connectivity index (χ4v) is 6.55. The lowest BCUT2D eigenvalue weighted by Crippen LogP contribution is -2.46. The van der Waals surface area contributed by atoms with Crippen LogP contribution in [-0.2, 0) is 6.54 Å². The van der Waals surface area contributed by atoms with E-state index in [0.29, 0.717) is 0 Å². The summed E-state index contributed by atoms with van der Waals surface area (Å²) in [4.78, 5) is 24.3. The van der Waals surface area contributed by atoms with E-state index in [2.05, 4.69) is 92.6 Å². The Kier molecular flexibility index (Phi) is 5.84. The van der Waals surface area contributed by atoms with Crippen LogP contribution < -0.4 is 4.90 Å². The van der Waals surface area contributed by atoms with Gasteiger partial charge in [0.1, 0.15) is 0 Å². The van der Waals surface area contributed by atoms with Gasteiger partial charge in [-0.3, -0.25) is 9.69 Å². The number of hydrogen-bond acceptors (Lipinski definition) is 4. The van der Waals surface area contributed by atoms with Gasteiger partial charge in [0.15, 0.2) is 6.29 Å². The summed E-state index contributed by atoms with van der Waals surface area (Å²) in [5, 5.41) is 4.52. The Morgan fingerprint density at radius 2 is 1.58 bits per heavy atom. The highest BCUT2D eigenvalue weighted by Gasteiger charge is 2.22.